The minimum Gasteiger partial charge on any atom is -0.792 e. The largest absolute Gasteiger partial charge is 3.00 e. The Morgan fingerprint density at radius 1 is 0.800 bits per heavy atom. The van der Waals surface area contributed by atoms with Gasteiger partial charge in [0.25, 0.3) is 0 Å². The molecule has 1 rings (SSSR count). The Balaban J connectivity index is -0.000000124. The summed E-state index contributed by atoms with van der Waals surface area (Å²) in [6, 6.07) is 5.72. The molecule has 0 radical (unpaired) electrons. The molecule has 0 spiro atoms. The maximum Gasteiger partial charge on any atom is 3.00 e. The van der Waals surface area contributed by atoms with Crippen LogP contribution >= 0.6 is 11.6 Å². The van der Waals surface area contributed by atoms with Gasteiger partial charge in [0, 0.05) is 12.4 Å². The van der Waals surface area contributed by atoms with Gasteiger partial charge in [0.15, 0.2) is 0 Å². The van der Waals surface area contributed by atoms with Gasteiger partial charge in [-0.05, 0) is 39.8 Å². The van der Waals surface area contributed by atoms with Gasteiger partial charge < -0.3 is 42.7 Å². The van der Waals surface area contributed by atoms with E-state index in [1.807, 2.05) is 18.2 Å². The second-order valence-corrected chi connectivity index (χ2v) is 3.75. The van der Waals surface area contributed by atoms with Crippen molar-refractivity contribution in [3.8, 4) is 0 Å². The van der Waals surface area contributed by atoms with Crippen molar-refractivity contribution in [1.82, 2.24) is 4.98 Å². The second-order valence-electron chi connectivity index (χ2n) is 3.75. The smallest absolute Gasteiger partial charge is 0.792 e. The Kier molecular flexibility index (Phi) is 29.6. The molecule has 1 heterocycles. The van der Waals surface area contributed by atoms with Crippen molar-refractivity contribution in [1.29, 1.82) is 0 Å². The first kappa shape index (κ1) is 30.7. The Morgan fingerprint density at radius 3 is 1.20 bits per heavy atom. The van der Waals surface area contributed by atoms with Crippen LogP contribution in [0.3, 0.4) is 0 Å². The first-order chi connectivity index (χ1) is 11.4. The van der Waals surface area contributed by atoms with Gasteiger partial charge in [-0.15, -0.1) is 0 Å². The van der Waals surface area contributed by atoms with Crippen molar-refractivity contribution >= 4 is 34.4 Å². The van der Waals surface area contributed by atoms with Gasteiger partial charge in [-0.2, -0.15) is 0 Å². The molecule has 0 amide bonds. The molecule has 25 heavy (non-hydrogen) atoms. The molecule has 0 saturated heterocycles. The molecule has 0 saturated carbocycles. The van der Waals surface area contributed by atoms with Crippen molar-refractivity contribution < 1.29 is 27.2 Å². The van der Waals surface area contributed by atoms with Crippen LogP contribution < -0.4 is 0 Å². The molecule has 0 fully saturated rings. The maximum absolute atomic E-state index is 9.63. The van der Waals surface area contributed by atoms with E-state index >= 15 is 0 Å². The van der Waals surface area contributed by atoms with Crippen molar-refractivity contribution in [3.05, 3.63) is 47.4 Å². The van der Waals surface area contributed by atoms with E-state index in [0.717, 1.165) is 0 Å². The van der Waals surface area contributed by atoms with E-state index in [4.69, 9.17) is 10.4 Å². The number of oxime groups is 2. The monoisotopic (exact) mass is 417 g/mol. The molecule has 0 aliphatic rings. The topological polar surface area (TPSA) is 149 Å². The van der Waals surface area contributed by atoms with E-state index in [1.165, 1.54) is 27.7 Å². The molecular weight excluding hydrogens is 397 g/mol. The molecule has 1 aromatic rings. The fourth-order valence-electron chi connectivity index (χ4n) is 0.589. The summed E-state index contributed by atoms with van der Waals surface area (Å²) in [5.74, 6) is 0. The predicted molar refractivity (Wildman–Crippen MR) is 98.2 cm³/mol. The number of hydrogen-bond acceptors (Lipinski definition) is 9. The molecule has 11 heteroatoms. The van der Waals surface area contributed by atoms with Crippen LogP contribution in [0.15, 0.2) is 51.2 Å². The van der Waals surface area contributed by atoms with E-state index < -0.39 is 0 Å². The Hall–Kier alpha value is -2.17. The molecular formula is C14H21ClCoN5O4. The summed E-state index contributed by atoms with van der Waals surface area (Å²) >= 11 is 4.39. The SMILES string of the molecule is CC(=N\[O-])/C(C)=N/O.CC(=N\[O-])/C(C)=N/O.[CH2-]Cl.[Co+3].c1ccncc1. The number of nitrogens with zero attached hydrogens (tertiary/aromatic N) is 5. The summed E-state index contributed by atoms with van der Waals surface area (Å²) in [5, 5.41) is 45.8. The van der Waals surface area contributed by atoms with Crippen LogP contribution in [0, 0.1) is 16.8 Å². The molecule has 1 aromatic heterocycles. The Bertz CT molecular complexity index is 435. The van der Waals surface area contributed by atoms with Crippen LogP contribution in [0.2, 0.25) is 0 Å². The van der Waals surface area contributed by atoms with Crippen LogP contribution in [-0.4, -0.2) is 38.2 Å². The minimum atomic E-state index is 0. The van der Waals surface area contributed by atoms with Crippen LogP contribution in [0.1, 0.15) is 27.7 Å². The summed E-state index contributed by atoms with van der Waals surface area (Å²) in [4.78, 5) is 3.78. The van der Waals surface area contributed by atoms with Gasteiger partial charge in [-0.3, -0.25) is 11.4 Å². The Morgan fingerprint density at radius 2 is 1.12 bits per heavy atom. The fraction of sp³-hybridized carbons (Fsp3) is 0.286. The third kappa shape index (κ3) is 21.8. The molecule has 0 aromatic carbocycles. The quantitative estimate of drug-likeness (QED) is 0.325. The van der Waals surface area contributed by atoms with E-state index in [0.29, 0.717) is 0 Å². The average molecular weight is 418 g/mol. The van der Waals surface area contributed by atoms with Crippen molar-refractivity contribution in [2.75, 3.05) is 0 Å². The zero-order valence-corrected chi connectivity index (χ0v) is 16.0. The number of aromatic nitrogens is 1. The fourth-order valence-corrected chi connectivity index (χ4v) is 0.589. The second kappa shape index (κ2) is 24.1. The summed E-state index contributed by atoms with van der Waals surface area (Å²) in [6.45, 7) is 5.94. The average Bonchev–Trinajstić information content (AvgIpc) is 2.69. The first-order valence-electron chi connectivity index (χ1n) is 6.28. The van der Waals surface area contributed by atoms with E-state index in [-0.39, 0.29) is 39.6 Å². The molecule has 0 aliphatic carbocycles. The standard InChI is InChI=1S/C5H5N.2C4H8N2O2.CH2Cl.Co/c1-2-4-6-5-3-1;2*1-3(5-7)4(2)6-8;1-2;/h1-5H;2*7-8H,1-2H3;1H2;/q;;;-1;+3/p-2/b;2*5-3+,6-4+;;. The van der Waals surface area contributed by atoms with Gasteiger partial charge in [-0.1, -0.05) is 16.4 Å². The summed E-state index contributed by atoms with van der Waals surface area (Å²) in [6.07, 6.45) is 6.22. The van der Waals surface area contributed by atoms with Crippen molar-refractivity contribution in [2.45, 2.75) is 27.7 Å². The van der Waals surface area contributed by atoms with Crippen LogP contribution in [0.25, 0.3) is 0 Å². The van der Waals surface area contributed by atoms with E-state index in [9.17, 15) is 10.4 Å². The molecule has 0 unspecified atom stereocenters. The molecule has 0 bridgehead atoms. The van der Waals surface area contributed by atoms with Crippen LogP contribution in [0.5, 0.6) is 0 Å². The number of rotatable bonds is 2. The maximum atomic E-state index is 9.63. The normalized spacial score (nSPS) is 11.3. The van der Waals surface area contributed by atoms with Gasteiger partial charge >= 0.3 is 16.8 Å². The summed E-state index contributed by atoms with van der Waals surface area (Å²) < 4.78 is 0. The van der Waals surface area contributed by atoms with Crippen molar-refractivity contribution in [2.24, 2.45) is 20.6 Å². The van der Waals surface area contributed by atoms with Gasteiger partial charge in [-0.25, -0.2) is 0 Å². The zero-order valence-electron chi connectivity index (χ0n) is 14.3. The molecule has 0 atom stereocenters. The van der Waals surface area contributed by atoms with Crippen LogP contribution in [0.4, 0.5) is 0 Å². The van der Waals surface area contributed by atoms with Gasteiger partial charge in [0.2, 0.25) is 0 Å². The summed E-state index contributed by atoms with van der Waals surface area (Å²) in [7, 11) is 0. The zero-order chi connectivity index (χ0) is 19.4. The molecule has 142 valence electrons. The van der Waals surface area contributed by atoms with Gasteiger partial charge in [0.1, 0.15) is 0 Å². The third-order valence-corrected chi connectivity index (χ3v) is 2.19. The number of halogens is 1. The number of pyridine rings is 1. The van der Waals surface area contributed by atoms with E-state index in [2.05, 4.69) is 43.6 Å². The Labute approximate surface area is 162 Å². The molecule has 0 aliphatic heterocycles. The first-order valence-corrected chi connectivity index (χ1v) is 6.81. The van der Waals surface area contributed by atoms with E-state index in [1.54, 1.807) is 12.4 Å². The van der Waals surface area contributed by atoms with Crippen molar-refractivity contribution in [3.63, 3.8) is 0 Å². The number of hydrogen-bond donors (Lipinski definition) is 2. The molecule has 2 N–H and O–H groups in total. The summed E-state index contributed by atoms with van der Waals surface area (Å²) in [5.41, 5.74) is 0.903. The molecule has 9 nitrogen and oxygen atoms in total. The third-order valence-electron chi connectivity index (χ3n) is 2.19. The van der Waals surface area contributed by atoms with Gasteiger partial charge in [0.05, 0.1) is 22.8 Å². The van der Waals surface area contributed by atoms with Crippen LogP contribution in [-0.2, 0) is 16.8 Å². The predicted octanol–water partition coefficient (Wildman–Crippen LogP) is 3.69. The minimum absolute atomic E-state index is 0.